The Bertz CT molecular complexity index is 1040. The molecule has 0 radical (unpaired) electrons. The van der Waals surface area contributed by atoms with Gasteiger partial charge in [-0.3, -0.25) is 0 Å². The summed E-state index contributed by atoms with van der Waals surface area (Å²) in [5.41, 5.74) is 2.84. The normalized spacial score (nSPS) is 10.3. The van der Waals surface area contributed by atoms with Gasteiger partial charge in [-0.2, -0.15) is 13.2 Å². The molecule has 0 spiro atoms. The molecule has 0 aliphatic carbocycles. The molecule has 0 aliphatic rings. The number of benzene rings is 1. The number of alkyl halides is 3. The van der Waals surface area contributed by atoms with Crippen molar-refractivity contribution in [3.63, 3.8) is 0 Å². The Labute approximate surface area is 172 Å². The molecule has 150 valence electrons. The molecule has 3 nitrogen and oxygen atoms in total. The number of anilines is 1. The molecule has 7 heteroatoms. The van der Waals surface area contributed by atoms with E-state index in [-0.39, 0.29) is 5.82 Å². The van der Waals surface area contributed by atoms with Crippen molar-refractivity contribution in [3.8, 4) is 11.8 Å². The zero-order chi connectivity index (χ0) is 21.4. The van der Waals surface area contributed by atoms with Crippen LogP contribution in [0.3, 0.4) is 0 Å². The summed E-state index contributed by atoms with van der Waals surface area (Å²) in [6.07, 6.45) is -0.143. The van der Waals surface area contributed by atoms with E-state index in [0.29, 0.717) is 0 Å². The highest BCUT2D eigenvalue weighted by Gasteiger charge is 2.30. The molecule has 1 aromatic carbocycles. The fraction of sp³-hybridized carbons (Fsp3) is 0.182. The van der Waals surface area contributed by atoms with Gasteiger partial charge in [0.1, 0.15) is 5.82 Å². The van der Waals surface area contributed by atoms with E-state index in [4.69, 9.17) is 0 Å². The minimum Gasteiger partial charge on any atom is -0.347 e. The first-order valence-corrected chi connectivity index (χ1v) is 9.43. The van der Waals surface area contributed by atoms with Gasteiger partial charge in [0.25, 0.3) is 0 Å². The third kappa shape index (κ3) is 7.09. The minimum absolute atomic E-state index is 0.129. The van der Waals surface area contributed by atoms with Crippen LogP contribution in [0.1, 0.15) is 32.1 Å². The number of halogens is 3. The summed E-state index contributed by atoms with van der Waals surface area (Å²) in [4.78, 5) is 8.87. The molecular weight excluding hydrogens is 395 g/mol. The summed E-state index contributed by atoms with van der Waals surface area (Å²) in [5.74, 6) is 6.49. The van der Waals surface area contributed by atoms with Crippen molar-refractivity contribution >= 4 is 17.2 Å². The molecule has 0 saturated heterocycles. The van der Waals surface area contributed by atoms with Crippen LogP contribution in [0.25, 0.3) is 0 Å². The zero-order valence-electron chi connectivity index (χ0n) is 16.3. The van der Waals surface area contributed by atoms with Crippen LogP contribution in [0.2, 0.25) is 0 Å². The standard InChI is InChI=1S/C14H13NS.C8H7F3N2/c1-10-4-5-11(2)13(8-10)6-7-14-9-15-12(3)16-14;1-2-12-7-5-6(3-4-13-7)8(9,10)11/h4-5,8-9H,1-3H3;2-5H,1H2,(H,12,13). The SMILES string of the molecule is C=CNc1cc(C(F)(F)F)ccn1.Cc1ccc(C)c(C#Cc2cnc(C)s2)c1. The van der Waals surface area contributed by atoms with Crippen LogP contribution in [0, 0.1) is 32.6 Å². The van der Waals surface area contributed by atoms with E-state index < -0.39 is 11.7 Å². The highest BCUT2D eigenvalue weighted by atomic mass is 32.1. The van der Waals surface area contributed by atoms with Crippen LogP contribution in [0.4, 0.5) is 19.0 Å². The lowest BCUT2D eigenvalue weighted by atomic mass is 10.1. The van der Waals surface area contributed by atoms with Crippen LogP contribution >= 0.6 is 11.3 Å². The maximum Gasteiger partial charge on any atom is 0.416 e. The lowest BCUT2D eigenvalue weighted by Crippen LogP contribution is -2.05. The van der Waals surface area contributed by atoms with Crippen molar-refractivity contribution in [2.45, 2.75) is 26.9 Å². The fourth-order valence-corrected chi connectivity index (χ4v) is 2.84. The van der Waals surface area contributed by atoms with Gasteiger partial charge in [-0.05, 0) is 62.2 Å². The van der Waals surface area contributed by atoms with Crippen molar-refractivity contribution in [1.82, 2.24) is 9.97 Å². The van der Waals surface area contributed by atoms with Gasteiger partial charge in [-0.25, -0.2) is 9.97 Å². The van der Waals surface area contributed by atoms with Crippen molar-refractivity contribution in [1.29, 1.82) is 0 Å². The molecule has 0 atom stereocenters. The van der Waals surface area contributed by atoms with Gasteiger partial charge in [0.2, 0.25) is 0 Å². The summed E-state index contributed by atoms with van der Waals surface area (Å²) in [6, 6.07) is 8.17. The summed E-state index contributed by atoms with van der Waals surface area (Å²) in [7, 11) is 0. The van der Waals surface area contributed by atoms with Gasteiger partial charge < -0.3 is 5.32 Å². The monoisotopic (exact) mass is 415 g/mol. The number of pyridine rings is 1. The van der Waals surface area contributed by atoms with Crippen LogP contribution < -0.4 is 5.32 Å². The number of rotatable bonds is 2. The van der Waals surface area contributed by atoms with E-state index in [1.54, 1.807) is 11.3 Å². The number of hydrogen-bond acceptors (Lipinski definition) is 4. The molecule has 0 unspecified atom stereocenters. The molecule has 0 bridgehead atoms. The Morgan fingerprint density at radius 1 is 1.07 bits per heavy atom. The molecule has 0 amide bonds. The molecule has 0 fully saturated rings. The smallest absolute Gasteiger partial charge is 0.347 e. The van der Waals surface area contributed by atoms with Crippen LogP contribution in [-0.2, 0) is 6.18 Å². The fourth-order valence-electron chi connectivity index (χ4n) is 2.21. The molecule has 3 aromatic rings. The summed E-state index contributed by atoms with van der Waals surface area (Å²) < 4.78 is 36.4. The second kappa shape index (κ2) is 9.89. The van der Waals surface area contributed by atoms with Gasteiger partial charge >= 0.3 is 6.18 Å². The third-order valence-corrected chi connectivity index (χ3v) is 4.50. The lowest BCUT2D eigenvalue weighted by Gasteiger charge is -2.07. The molecule has 1 N–H and O–H groups in total. The number of hydrogen-bond donors (Lipinski definition) is 1. The molecule has 3 rings (SSSR count). The van der Waals surface area contributed by atoms with Gasteiger partial charge in [-0.15, -0.1) is 11.3 Å². The predicted octanol–water partition coefficient (Wildman–Crippen LogP) is 6.12. The quantitative estimate of drug-likeness (QED) is 0.512. The van der Waals surface area contributed by atoms with Crippen molar-refractivity contribution < 1.29 is 13.2 Å². The average molecular weight is 415 g/mol. The number of nitrogens with one attached hydrogen (secondary N) is 1. The minimum atomic E-state index is -4.33. The Morgan fingerprint density at radius 2 is 1.83 bits per heavy atom. The first-order valence-electron chi connectivity index (χ1n) is 8.61. The van der Waals surface area contributed by atoms with Gasteiger partial charge in [-0.1, -0.05) is 24.6 Å². The van der Waals surface area contributed by atoms with Crippen LogP contribution in [-0.4, -0.2) is 9.97 Å². The highest BCUT2D eigenvalue weighted by molar-refractivity contribution is 7.12. The zero-order valence-corrected chi connectivity index (χ0v) is 17.1. The van der Waals surface area contributed by atoms with E-state index in [0.717, 1.165) is 33.8 Å². The Morgan fingerprint density at radius 3 is 2.45 bits per heavy atom. The Hall–Kier alpha value is -3.11. The Kier molecular flexibility index (Phi) is 7.57. The topological polar surface area (TPSA) is 37.8 Å². The third-order valence-electron chi connectivity index (χ3n) is 3.67. The lowest BCUT2D eigenvalue weighted by molar-refractivity contribution is -0.137. The molecule has 29 heavy (non-hydrogen) atoms. The van der Waals surface area contributed by atoms with Crippen molar-refractivity contribution in [2.24, 2.45) is 0 Å². The number of aryl methyl sites for hydroxylation is 3. The molecule has 0 aliphatic heterocycles. The molecular formula is C22H20F3N3S. The van der Waals surface area contributed by atoms with E-state index in [1.807, 2.05) is 13.1 Å². The van der Waals surface area contributed by atoms with Gasteiger partial charge in [0, 0.05) is 11.8 Å². The van der Waals surface area contributed by atoms with E-state index >= 15 is 0 Å². The molecule has 2 heterocycles. The number of nitrogens with zero attached hydrogens (tertiary/aromatic N) is 2. The Balaban J connectivity index is 0.000000212. The van der Waals surface area contributed by atoms with Gasteiger partial charge in [0.15, 0.2) is 0 Å². The second-order valence-electron chi connectivity index (χ2n) is 6.09. The van der Waals surface area contributed by atoms with E-state index in [9.17, 15) is 13.2 Å². The predicted molar refractivity (Wildman–Crippen MR) is 112 cm³/mol. The maximum atomic E-state index is 12.1. The number of aromatic nitrogens is 2. The van der Waals surface area contributed by atoms with Crippen LogP contribution in [0.5, 0.6) is 0 Å². The van der Waals surface area contributed by atoms with Crippen molar-refractivity contribution in [3.05, 3.63) is 87.6 Å². The first kappa shape index (κ1) is 22.2. The van der Waals surface area contributed by atoms with Gasteiger partial charge in [0.05, 0.1) is 21.6 Å². The van der Waals surface area contributed by atoms with Crippen LogP contribution in [0.15, 0.2) is 55.5 Å². The first-order chi connectivity index (χ1) is 13.7. The number of thiazole rings is 1. The summed E-state index contributed by atoms with van der Waals surface area (Å²) in [5, 5.41) is 3.53. The second-order valence-corrected chi connectivity index (χ2v) is 7.32. The molecule has 2 aromatic heterocycles. The van der Waals surface area contributed by atoms with E-state index in [1.165, 1.54) is 17.3 Å². The highest BCUT2D eigenvalue weighted by Crippen LogP contribution is 2.29. The summed E-state index contributed by atoms with van der Waals surface area (Å²) in [6.45, 7) is 9.48. The summed E-state index contributed by atoms with van der Waals surface area (Å²) >= 11 is 1.63. The van der Waals surface area contributed by atoms with E-state index in [2.05, 4.69) is 65.8 Å². The average Bonchev–Trinajstić information content (AvgIpc) is 3.08. The molecule has 0 saturated carbocycles. The largest absolute Gasteiger partial charge is 0.416 e. The maximum absolute atomic E-state index is 12.1. The van der Waals surface area contributed by atoms with Crippen molar-refractivity contribution in [2.75, 3.05) is 5.32 Å².